The second kappa shape index (κ2) is 12.7. The summed E-state index contributed by atoms with van der Waals surface area (Å²) in [6, 6.07) is 14.0. The lowest BCUT2D eigenvalue weighted by molar-refractivity contribution is -0.134. The Balaban J connectivity index is 0.000000795. The van der Waals surface area contributed by atoms with E-state index in [2.05, 4.69) is 29.3 Å². The summed E-state index contributed by atoms with van der Waals surface area (Å²) in [4.78, 5) is 17.1. The topological polar surface area (TPSA) is 123 Å². The highest BCUT2D eigenvalue weighted by Crippen LogP contribution is 2.33. The van der Waals surface area contributed by atoms with Gasteiger partial charge in [0.2, 0.25) is 0 Å². The summed E-state index contributed by atoms with van der Waals surface area (Å²) in [5, 5.41) is 13.4. The SMILES string of the molecule is Cc1ccc(OCC(=O)N(C)C(CN2CC[C@H](O)C2)c2ccccc2)c2c1NCCC2.N=S(=O)=O. The number of anilines is 1. The number of benzene rings is 2. The monoisotopic (exact) mass is 502 g/mol. The summed E-state index contributed by atoms with van der Waals surface area (Å²) in [5.41, 5.74) is 4.63. The molecule has 1 fully saturated rings. The molecule has 3 N–H and O–H groups in total. The lowest BCUT2D eigenvalue weighted by Gasteiger charge is -2.32. The van der Waals surface area contributed by atoms with Gasteiger partial charge in [-0.1, -0.05) is 36.4 Å². The Morgan fingerprint density at radius 3 is 2.66 bits per heavy atom. The van der Waals surface area contributed by atoms with Crippen molar-refractivity contribution in [2.45, 2.75) is 38.3 Å². The van der Waals surface area contributed by atoms with Gasteiger partial charge < -0.3 is 20.1 Å². The minimum Gasteiger partial charge on any atom is -0.483 e. The number of rotatable bonds is 7. The van der Waals surface area contributed by atoms with E-state index in [1.165, 1.54) is 11.1 Å². The lowest BCUT2D eigenvalue weighted by Crippen LogP contribution is -2.41. The van der Waals surface area contributed by atoms with Crippen LogP contribution < -0.4 is 10.1 Å². The molecule has 2 aliphatic heterocycles. The smallest absolute Gasteiger partial charge is 0.308 e. The van der Waals surface area contributed by atoms with Crippen LogP contribution in [0.25, 0.3) is 0 Å². The zero-order valence-corrected chi connectivity index (χ0v) is 21.1. The van der Waals surface area contributed by atoms with Crippen LogP contribution in [0.4, 0.5) is 5.69 Å². The van der Waals surface area contributed by atoms with Crippen molar-refractivity contribution in [3.63, 3.8) is 0 Å². The highest BCUT2D eigenvalue weighted by atomic mass is 32.2. The first-order valence-electron chi connectivity index (χ1n) is 11.8. The number of aryl methyl sites for hydroxylation is 1. The number of aliphatic hydroxyl groups is 1. The number of aliphatic hydroxyl groups excluding tert-OH is 1. The second-order valence-electron chi connectivity index (χ2n) is 8.92. The first kappa shape index (κ1) is 26.7. The number of amides is 1. The molecule has 35 heavy (non-hydrogen) atoms. The molecule has 1 amide bonds. The van der Waals surface area contributed by atoms with Gasteiger partial charge in [-0.2, -0.15) is 13.2 Å². The van der Waals surface area contributed by atoms with Gasteiger partial charge in [0.05, 0.1) is 12.1 Å². The molecule has 2 aromatic rings. The van der Waals surface area contributed by atoms with Crippen LogP contribution in [-0.4, -0.2) is 75.2 Å². The summed E-state index contributed by atoms with van der Waals surface area (Å²) in [6.07, 6.45) is 2.54. The van der Waals surface area contributed by atoms with Crippen molar-refractivity contribution in [3.8, 4) is 5.75 Å². The first-order chi connectivity index (χ1) is 16.8. The number of ether oxygens (including phenoxy) is 1. The molecule has 190 valence electrons. The van der Waals surface area contributed by atoms with Gasteiger partial charge in [0.25, 0.3) is 5.91 Å². The van der Waals surface area contributed by atoms with Crippen LogP contribution in [0.1, 0.15) is 35.6 Å². The van der Waals surface area contributed by atoms with Gasteiger partial charge in [0.1, 0.15) is 5.75 Å². The van der Waals surface area contributed by atoms with Crippen LogP contribution in [0.3, 0.4) is 0 Å². The number of nitrogens with one attached hydrogen (secondary N) is 2. The molecular weight excluding hydrogens is 468 g/mol. The van der Waals surface area contributed by atoms with Crippen LogP contribution in [0.2, 0.25) is 0 Å². The van der Waals surface area contributed by atoms with Crippen molar-refractivity contribution in [2.75, 3.05) is 45.2 Å². The predicted molar refractivity (Wildman–Crippen MR) is 134 cm³/mol. The maximum atomic E-state index is 13.1. The van der Waals surface area contributed by atoms with Crippen molar-refractivity contribution >= 4 is 22.1 Å². The van der Waals surface area contributed by atoms with Crippen molar-refractivity contribution < 1.29 is 23.1 Å². The highest BCUT2D eigenvalue weighted by Gasteiger charge is 2.28. The van der Waals surface area contributed by atoms with Gasteiger partial charge in [-0.3, -0.25) is 9.69 Å². The molecule has 0 aliphatic carbocycles. The van der Waals surface area contributed by atoms with Gasteiger partial charge in [0.15, 0.2) is 6.61 Å². The largest absolute Gasteiger partial charge is 0.483 e. The molecule has 0 spiro atoms. The second-order valence-corrected chi connectivity index (χ2v) is 9.39. The van der Waals surface area contributed by atoms with E-state index in [1.54, 1.807) is 4.90 Å². The van der Waals surface area contributed by atoms with Crippen molar-refractivity contribution in [2.24, 2.45) is 0 Å². The van der Waals surface area contributed by atoms with Crippen LogP contribution in [0.15, 0.2) is 42.5 Å². The average molecular weight is 503 g/mol. The normalized spacial score (nSPS) is 17.9. The van der Waals surface area contributed by atoms with Gasteiger partial charge >= 0.3 is 10.5 Å². The summed E-state index contributed by atoms with van der Waals surface area (Å²) in [7, 11) is -0.762. The molecule has 0 saturated carbocycles. The van der Waals surface area contributed by atoms with Crippen LogP contribution >= 0.6 is 0 Å². The standard InChI is InChI=1S/C25H33N3O3.HNO2S/c1-18-10-11-23(21-9-6-13-26-25(18)21)31-17-24(30)27(2)22(19-7-4-3-5-8-19)16-28-14-12-20(29)15-28;1-4(2)3/h3-5,7-8,10-11,20,22,26,29H,6,9,12-17H2,1-2H3;1H/t20-,22?;/m0./s1. The number of likely N-dealkylation sites (N-methyl/N-ethyl adjacent to an activating group) is 1. The van der Waals surface area contributed by atoms with E-state index in [0.29, 0.717) is 13.1 Å². The van der Waals surface area contributed by atoms with Crippen molar-refractivity contribution in [1.29, 1.82) is 4.78 Å². The quantitative estimate of drug-likeness (QED) is 0.532. The number of fused-ring (bicyclic) bond motifs is 1. The maximum Gasteiger partial charge on any atom is 0.308 e. The average Bonchev–Trinajstić information content (AvgIpc) is 3.26. The molecule has 0 radical (unpaired) electrons. The Hall–Kier alpha value is -2.95. The van der Waals surface area contributed by atoms with E-state index in [9.17, 15) is 9.90 Å². The molecule has 2 atom stereocenters. The first-order valence-corrected chi connectivity index (χ1v) is 12.8. The maximum absolute atomic E-state index is 13.1. The number of carbonyl (C=O) groups is 1. The van der Waals surface area contributed by atoms with E-state index in [-0.39, 0.29) is 24.7 Å². The third-order valence-corrected chi connectivity index (χ3v) is 6.46. The van der Waals surface area contributed by atoms with E-state index in [0.717, 1.165) is 49.4 Å². The van der Waals surface area contributed by atoms with Gasteiger partial charge in [-0.05, 0) is 43.4 Å². The molecular formula is C25H34N4O5S. The molecule has 2 aromatic carbocycles. The number of hydrogen-bond acceptors (Lipinski definition) is 8. The minimum absolute atomic E-state index is 0.0119. The summed E-state index contributed by atoms with van der Waals surface area (Å²) in [5.74, 6) is 0.750. The van der Waals surface area contributed by atoms with Gasteiger partial charge in [-0.15, -0.1) is 0 Å². The molecule has 9 nitrogen and oxygen atoms in total. The Labute approximate surface area is 208 Å². The van der Waals surface area contributed by atoms with E-state index < -0.39 is 10.5 Å². The predicted octanol–water partition coefficient (Wildman–Crippen LogP) is 2.63. The van der Waals surface area contributed by atoms with E-state index >= 15 is 0 Å². The highest BCUT2D eigenvalue weighted by molar-refractivity contribution is 7.60. The zero-order valence-electron chi connectivity index (χ0n) is 20.2. The Morgan fingerprint density at radius 1 is 1.29 bits per heavy atom. The molecule has 0 bridgehead atoms. The number of carbonyl (C=O) groups excluding carboxylic acids is 1. The summed E-state index contributed by atoms with van der Waals surface area (Å²) >= 11 is 0. The fourth-order valence-corrected chi connectivity index (χ4v) is 4.62. The Bertz CT molecular complexity index is 1100. The Kier molecular flexibility index (Phi) is 9.64. The third kappa shape index (κ3) is 7.51. The fourth-order valence-electron chi connectivity index (χ4n) is 4.62. The molecule has 0 aromatic heterocycles. The van der Waals surface area contributed by atoms with Gasteiger partial charge in [0, 0.05) is 44.5 Å². The molecule has 2 aliphatic rings. The van der Waals surface area contributed by atoms with E-state index in [1.807, 2.05) is 37.4 Å². The number of β-amino-alcohol motifs (C(OH)–C–C–N with tert-alkyl or cyclic N) is 1. The number of likely N-dealkylation sites (tertiary alicyclic amines) is 1. The number of hydrogen-bond donors (Lipinski definition) is 3. The molecule has 2 heterocycles. The molecule has 10 heteroatoms. The van der Waals surface area contributed by atoms with Crippen LogP contribution in [0, 0.1) is 11.7 Å². The molecule has 1 unspecified atom stereocenters. The van der Waals surface area contributed by atoms with Gasteiger partial charge in [-0.25, -0.2) is 0 Å². The van der Waals surface area contributed by atoms with Crippen molar-refractivity contribution in [1.82, 2.24) is 9.80 Å². The summed E-state index contributed by atoms with van der Waals surface area (Å²) in [6.45, 7) is 5.30. The lowest BCUT2D eigenvalue weighted by atomic mass is 9.99. The Morgan fingerprint density at radius 2 is 2.00 bits per heavy atom. The molecule has 1 saturated heterocycles. The zero-order chi connectivity index (χ0) is 25.4. The van der Waals surface area contributed by atoms with Crippen LogP contribution in [0.5, 0.6) is 5.75 Å². The van der Waals surface area contributed by atoms with Crippen molar-refractivity contribution in [3.05, 3.63) is 59.2 Å². The summed E-state index contributed by atoms with van der Waals surface area (Å²) < 4.78 is 28.9. The minimum atomic E-state index is -2.61. The number of nitrogens with zero attached hydrogens (tertiary/aromatic N) is 2. The fraction of sp³-hybridized carbons (Fsp3) is 0.480. The third-order valence-electron chi connectivity index (χ3n) is 6.46. The molecule has 4 rings (SSSR count). The van der Waals surface area contributed by atoms with Crippen LogP contribution in [-0.2, 0) is 21.7 Å². The van der Waals surface area contributed by atoms with E-state index in [4.69, 9.17) is 17.9 Å².